The molecule has 0 aliphatic carbocycles. The summed E-state index contributed by atoms with van der Waals surface area (Å²) in [5.41, 5.74) is 0.676. The molecule has 0 radical (unpaired) electrons. The predicted octanol–water partition coefficient (Wildman–Crippen LogP) is 1.53. The third-order valence-electron chi connectivity index (χ3n) is 1.93. The van der Waals surface area contributed by atoms with Crippen molar-refractivity contribution in [2.45, 2.75) is 6.54 Å². The lowest BCUT2D eigenvalue weighted by molar-refractivity contribution is 0.0952. The summed E-state index contributed by atoms with van der Waals surface area (Å²) in [5.74, 6) is -0.0675. The summed E-state index contributed by atoms with van der Waals surface area (Å²) >= 11 is 4.81. The van der Waals surface area contributed by atoms with Crippen molar-refractivity contribution in [1.29, 1.82) is 0 Å². The first-order valence-electron chi connectivity index (χ1n) is 4.62. The van der Waals surface area contributed by atoms with Crippen LogP contribution >= 0.6 is 27.3 Å². The van der Waals surface area contributed by atoms with Gasteiger partial charge in [0.1, 0.15) is 0 Å². The van der Waals surface area contributed by atoms with Crippen LogP contribution in [0.15, 0.2) is 27.6 Å². The molecule has 0 saturated carbocycles. The van der Waals surface area contributed by atoms with Crippen molar-refractivity contribution in [2.75, 3.05) is 6.54 Å². The number of nitrogens with one attached hydrogen (secondary N) is 1. The van der Waals surface area contributed by atoms with Gasteiger partial charge in [-0.15, -0.1) is 16.4 Å². The first-order valence-corrected chi connectivity index (χ1v) is 6.29. The highest BCUT2D eigenvalue weighted by atomic mass is 79.9. The highest BCUT2D eigenvalue weighted by Crippen LogP contribution is 2.20. The number of hydrogen-bond donors (Lipinski definition) is 1. The molecule has 2 rings (SSSR count). The van der Waals surface area contributed by atoms with E-state index in [0.717, 1.165) is 3.79 Å². The Morgan fingerprint density at radius 1 is 1.62 bits per heavy atom. The van der Waals surface area contributed by atoms with E-state index in [-0.39, 0.29) is 5.91 Å². The molecule has 2 aromatic rings. The number of amides is 1. The Balaban J connectivity index is 1.80. The fraction of sp³-hybridized carbons (Fsp3) is 0.222. The maximum Gasteiger partial charge on any atom is 0.252 e. The van der Waals surface area contributed by atoms with Gasteiger partial charge in [0.2, 0.25) is 0 Å². The summed E-state index contributed by atoms with van der Waals surface area (Å²) < 4.78 is 2.62. The fourth-order valence-electron chi connectivity index (χ4n) is 1.17. The summed E-state index contributed by atoms with van der Waals surface area (Å²) in [6, 6.07) is 1.80. The Morgan fingerprint density at radius 2 is 2.50 bits per heavy atom. The molecule has 0 atom stereocenters. The smallest absolute Gasteiger partial charge is 0.252 e. The van der Waals surface area contributed by atoms with E-state index in [0.29, 0.717) is 18.7 Å². The van der Waals surface area contributed by atoms with Crippen LogP contribution in [-0.4, -0.2) is 27.4 Å². The maximum absolute atomic E-state index is 11.6. The Bertz CT molecular complexity index is 468. The van der Waals surface area contributed by atoms with Gasteiger partial charge in [0.15, 0.2) is 0 Å². The van der Waals surface area contributed by atoms with Gasteiger partial charge in [-0.2, -0.15) is 0 Å². The van der Waals surface area contributed by atoms with E-state index in [1.807, 2.05) is 5.38 Å². The van der Waals surface area contributed by atoms with E-state index in [4.69, 9.17) is 0 Å². The van der Waals surface area contributed by atoms with Gasteiger partial charge >= 0.3 is 0 Å². The lowest BCUT2D eigenvalue weighted by Crippen LogP contribution is -2.27. The summed E-state index contributed by atoms with van der Waals surface area (Å²) in [7, 11) is 0. The average molecular weight is 301 g/mol. The molecule has 2 heterocycles. The zero-order chi connectivity index (χ0) is 11.4. The summed E-state index contributed by atoms with van der Waals surface area (Å²) in [6.45, 7) is 1.16. The monoisotopic (exact) mass is 300 g/mol. The number of rotatable bonds is 4. The molecule has 84 valence electrons. The molecular weight excluding hydrogens is 292 g/mol. The van der Waals surface area contributed by atoms with Gasteiger partial charge in [0.25, 0.3) is 5.91 Å². The van der Waals surface area contributed by atoms with Crippen molar-refractivity contribution in [3.05, 3.63) is 33.2 Å². The third-order valence-corrected chi connectivity index (χ3v) is 3.43. The van der Waals surface area contributed by atoms with Gasteiger partial charge in [-0.3, -0.25) is 9.48 Å². The van der Waals surface area contributed by atoms with Crippen LogP contribution in [0.4, 0.5) is 0 Å². The van der Waals surface area contributed by atoms with E-state index in [9.17, 15) is 4.79 Å². The van der Waals surface area contributed by atoms with Crippen LogP contribution in [0.1, 0.15) is 10.4 Å². The Morgan fingerprint density at radius 3 is 3.12 bits per heavy atom. The van der Waals surface area contributed by atoms with Crippen LogP contribution in [-0.2, 0) is 6.54 Å². The standard InChI is InChI=1S/C9H9BrN4OS/c10-8-5-7(6-16-8)9(15)11-1-3-14-4-2-12-13-14/h2,4-6H,1,3H2,(H,11,15). The minimum Gasteiger partial charge on any atom is -0.350 e. The predicted molar refractivity (Wildman–Crippen MR) is 64.4 cm³/mol. The van der Waals surface area contributed by atoms with Gasteiger partial charge < -0.3 is 5.32 Å². The number of thiophene rings is 1. The fourth-order valence-corrected chi connectivity index (χ4v) is 2.30. The topological polar surface area (TPSA) is 59.8 Å². The summed E-state index contributed by atoms with van der Waals surface area (Å²) in [4.78, 5) is 11.6. The first-order chi connectivity index (χ1) is 7.75. The zero-order valence-electron chi connectivity index (χ0n) is 8.26. The van der Waals surface area contributed by atoms with Crippen molar-refractivity contribution < 1.29 is 4.79 Å². The van der Waals surface area contributed by atoms with Crippen molar-refractivity contribution in [2.24, 2.45) is 0 Å². The molecule has 0 aliphatic heterocycles. The molecule has 0 aromatic carbocycles. The SMILES string of the molecule is O=C(NCCn1ccnn1)c1csc(Br)c1. The van der Waals surface area contributed by atoms with Crippen LogP contribution in [0.5, 0.6) is 0 Å². The Labute approximate surface area is 105 Å². The minimum absolute atomic E-state index is 0.0675. The van der Waals surface area contributed by atoms with Gasteiger partial charge in [-0.1, -0.05) is 5.21 Å². The van der Waals surface area contributed by atoms with Gasteiger partial charge in [0, 0.05) is 18.1 Å². The molecule has 0 aliphatic rings. The maximum atomic E-state index is 11.6. The molecule has 7 heteroatoms. The van der Waals surface area contributed by atoms with Gasteiger partial charge in [-0.05, 0) is 22.0 Å². The first kappa shape index (κ1) is 11.3. The number of carbonyl (C=O) groups excluding carboxylic acids is 1. The lowest BCUT2D eigenvalue weighted by atomic mass is 10.3. The van der Waals surface area contributed by atoms with Crippen LogP contribution in [0.3, 0.4) is 0 Å². The molecule has 0 saturated heterocycles. The van der Waals surface area contributed by atoms with Crippen LogP contribution in [0, 0.1) is 0 Å². The molecular formula is C9H9BrN4OS. The van der Waals surface area contributed by atoms with Crippen LogP contribution in [0.2, 0.25) is 0 Å². The van der Waals surface area contributed by atoms with E-state index in [2.05, 4.69) is 31.6 Å². The van der Waals surface area contributed by atoms with Gasteiger partial charge in [0.05, 0.1) is 22.1 Å². The number of nitrogens with zero attached hydrogens (tertiary/aromatic N) is 3. The Kier molecular flexibility index (Phi) is 3.68. The van der Waals surface area contributed by atoms with Crippen molar-refractivity contribution in [3.63, 3.8) is 0 Å². The van der Waals surface area contributed by atoms with Crippen molar-refractivity contribution >= 4 is 33.2 Å². The van der Waals surface area contributed by atoms with E-state index < -0.39 is 0 Å². The second-order valence-electron chi connectivity index (χ2n) is 3.06. The van der Waals surface area contributed by atoms with Crippen molar-refractivity contribution in [3.8, 4) is 0 Å². The second kappa shape index (κ2) is 5.22. The minimum atomic E-state index is -0.0675. The summed E-state index contributed by atoms with van der Waals surface area (Å²) in [6.07, 6.45) is 3.37. The lowest BCUT2D eigenvalue weighted by Gasteiger charge is -2.02. The van der Waals surface area contributed by atoms with E-state index in [1.54, 1.807) is 23.1 Å². The molecule has 16 heavy (non-hydrogen) atoms. The number of aromatic nitrogens is 3. The molecule has 0 fully saturated rings. The number of halogens is 1. The van der Waals surface area contributed by atoms with E-state index >= 15 is 0 Å². The molecule has 0 unspecified atom stereocenters. The average Bonchev–Trinajstić information content (AvgIpc) is 2.89. The number of hydrogen-bond acceptors (Lipinski definition) is 4. The van der Waals surface area contributed by atoms with Crippen molar-refractivity contribution in [1.82, 2.24) is 20.3 Å². The van der Waals surface area contributed by atoms with Crippen LogP contribution < -0.4 is 5.32 Å². The number of carbonyl (C=O) groups is 1. The summed E-state index contributed by atoms with van der Waals surface area (Å²) in [5, 5.41) is 12.1. The normalized spacial score (nSPS) is 10.3. The quantitative estimate of drug-likeness (QED) is 0.931. The largest absolute Gasteiger partial charge is 0.350 e. The highest BCUT2D eigenvalue weighted by molar-refractivity contribution is 9.11. The van der Waals surface area contributed by atoms with Crippen LogP contribution in [0.25, 0.3) is 0 Å². The molecule has 5 nitrogen and oxygen atoms in total. The molecule has 1 amide bonds. The van der Waals surface area contributed by atoms with Gasteiger partial charge in [-0.25, -0.2) is 0 Å². The molecule has 2 aromatic heterocycles. The van der Waals surface area contributed by atoms with E-state index in [1.165, 1.54) is 11.3 Å². The molecule has 0 spiro atoms. The Hall–Kier alpha value is -1.21. The molecule has 0 bridgehead atoms. The third kappa shape index (κ3) is 2.89. The highest BCUT2D eigenvalue weighted by Gasteiger charge is 2.06. The molecule has 1 N–H and O–H groups in total. The zero-order valence-corrected chi connectivity index (χ0v) is 10.7. The second-order valence-corrected chi connectivity index (χ2v) is 5.35.